The van der Waals surface area contributed by atoms with Gasteiger partial charge in [0.2, 0.25) is 0 Å². The van der Waals surface area contributed by atoms with Crippen molar-refractivity contribution in [2.75, 3.05) is 13.2 Å². The molecule has 21 heavy (non-hydrogen) atoms. The van der Waals surface area contributed by atoms with Gasteiger partial charge in [0.25, 0.3) is 5.91 Å². The van der Waals surface area contributed by atoms with Crippen LogP contribution in [0.3, 0.4) is 0 Å². The number of aliphatic carboxylic acids is 1. The van der Waals surface area contributed by atoms with Gasteiger partial charge in [0.15, 0.2) is 0 Å². The van der Waals surface area contributed by atoms with Crippen molar-refractivity contribution in [2.24, 2.45) is 0 Å². The largest absolute Gasteiger partial charge is 0.493 e. The minimum atomic E-state index is -1.34. The maximum absolute atomic E-state index is 12.5. The number of carboxylic acid groups (broad SMARTS) is 1. The molecule has 2 rings (SSSR count). The Morgan fingerprint density at radius 3 is 2.67 bits per heavy atom. The molecule has 7 heteroatoms. The summed E-state index contributed by atoms with van der Waals surface area (Å²) in [7, 11) is 0. The number of carbonyl (C=O) groups is 3. The van der Waals surface area contributed by atoms with Crippen molar-refractivity contribution in [2.45, 2.75) is 19.4 Å². The quantitative estimate of drug-likeness (QED) is 0.787. The molecule has 112 valence electrons. The summed E-state index contributed by atoms with van der Waals surface area (Å²) in [5, 5.41) is 11.3. The lowest BCUT2D eigenvalue weighted by Crippen LogP contribution is -2.41. The van der Waals surface area contributed by atoms with Crippen molar-refractivity contribution in [1.82, 2.24) is 10.2 Å². The van der Waals surface area contributed by atoms with Gasteiger partial charge in [0.05, 0.1) is 6.61 Å². The third-order valence-corrected chi connectivity index (χ3v) is 3.29. The van der Waals surface area contributed by atoms with Gasteiger partial charge in [-0.15, -0.1) is 0 Å². The van der Waals surface area contributed by atoms with Crippen LogP contribution >= 0.6 is 0 Å². The normalized spacial score (nSPS) is 21.3. The fraction of sp³-hybridized carbons (Fsp3) is 0.357. The number of urea groups is 1. The Bertz CT molecular complexity index is 601. The van der Waals surface area contributed by atoms with Gasteiger partial charge in [-0.05, 0) is 19.9 Å². The molecule has 2 N–H and O–H groups in total. The zero-order valence-corrected chi connectivity index (χ0v) is 11.8. The lowest BCUT2D eigenvalue weighted by atomic mass is 9.91. The van der Waals surface area contributed by atoms with Crippen LogP contribution in [0.5, 0.6) is 5.75 Å². The van der Waals surface area contributed by atoms with Gasteiger partial charge >= 0.3 is 12.0 Å². The number of carboxylic acids is 1. The first-order valence-corrected chi connectivity index (χ1v) is 6.48. The first-order valence-electron chi connectivity index (χ1n) is 6.48. The Kier molecular flexibility index (Phi) is 3.84. The van der Waals surface area contributed by atoms with Crippen molar-refractivity contribution in [3.63, 3.8) is 0 Å². The van der Waals surface area contributed by atoms with Gasteiger partial charge in [-0.2, -0.15) is 0 Å². The summed E-state index contributed by atoms with van der Waals surface area (Å²) in [5.41, 5.74) is -0.837. The number of amides is 3. The summed E-state index contributed by atoms with van der Waals surface area (Å²) in [5.74, 6) is -1.38. The van der Waals surface area contributed by atoms with Crippen LogP contribution in [-0.4, -0.2) is 41.1 Å². The number of hydrogen-bond donors (Lipinski definition) is 2. The molecule has 7 nitrogen and oxygen atoms in total. The number of carbonyl (C=O) groups excluding carboxylic acids is 2. The molecule has 1 atom stereocenters. The van der Waals surface area contributed by atoms with Crippen LogP contribution in [0.4, 0.5) is 4.79 Å². The first kappa shape index (κ1) is 14.8. The topological polar surface area (TPSA) is 95.9 Å². The zero-order valence-electron chi connectivity index (χ0n) is 11.8. The Hall–Kier alpha value is -2.57. The summed E-state index contributed by atoms with van der Waals surface area (Å²) in [6, 6.07) is 6.13. The second-order valence-corrected chi connectivity index (χ2v) is 4.77. The highest BCUT2D eigenvalue weighted by Gasteiger charge is 2.50. The van der Waals surface area contributed by atoms with E-state index in [1.165, 1.54) is 6.92 Å². The van der Waals surface area contributed by atoms with E-state index >= 15 is 0 Å². The van der Waals surface area contributed by atoms with Gasteiger partial charge in [0.1, 0.15) is 17.8 Å². The van der Waals surface area contributed by atoms with E-state index in [9.17, 15) is 14.4 Å². The molecule has 0 spiro atoms. The minimum absolute atomic E-state index is 0.411. The fourth-order valence-corrected chi connectivity index (χ4v) is 2.32. The average Bonchev–Trinajstić information content (AvgIpc) is 2.64. The summed E-state index contributed by atoms with van der Waals surface area (Å²) < 4.78 is 5.48. The lowest BCUT2D eigenvalue weighted by molar-refractivity contribution is -0.142. The van der Waals surface area contributed by atoms with Crippen LogP contribution in [0.2, 0.25) is 0 Å². The number of para-hydroxylation sites is 1. The van der Waals surface area contributed by atoms with Gasteiger partial charge in [-0.1, -0.05) is 18.2 Å². The highest BCUT2D eigenvalue weighted by molar-refractivity contribution is 6.09. The third kappa shape index (κ3) is 2.54. The van der Waals surface area contributed by atoms with E-state index in [1.54, 1.807) is 24.3 Å². The molecule has 1 unspecified atom stereocenters. The Morgan fingerprint density at radius 1 is 1.38 bits per heavy atom. The highest BCUT2D eigenvalue weighted by atomic mass is 16.5. The molecular weight excluding hydrogens is 276 g/mol. The van der Waals surface area contributed by atoms with E-state index in [-0.39, 0.29) is 0 Å². The molecule has 1 saturated heterocycles. The van der Waals surface area contributed by atoms with Crippen molar-refractivity contribution in [1.29, 1.82) is 0 Å². The Morgan fingerprint density at radius 2 is 2.05 bits per heavy atom. The van der Waals surface area contributed by atoms with E-state index in [0.717, 1.165) is 0 Å². The molecule has 1 fully saturated rings. The van der Waals surface area contributed by atoms with Gasteiger partial charge in [0, 0.05) is 5.56 Å². The fourth-order valence-electron chi connectivity index (χ4n) is 2.32. The van der Waals surface area contributed by atoms with Gasteiger partial charge < -0.3 is 15.2 Å². The second-order valence-electron chi connectivity index (χ2n) is 4.77. The van der Waals surface area contributed by atoms with E-state index in [4.69, 9.17) is 9.84 Å². The van der Waals surface area contributed by atoms with Crippen LogP contribution in [-0.2, 0) is 15.1 Å². The van der Waals surface area contributed by atoms with Crippen molar-refractivity contribution < 1.29 is 24.2 Å². The summed E-state index contributed by atoms with van der Waals surface area (Å²) in [4.78, 5) is 35.8. The van der Waals surface area contributed by atoms with Crippen molar-refractivity contribution in [3.05, 3.63) is 29.8 Å². The minimum Gasteiger partial charge on any atom is -0.493 e. The molecule has 0 aromatic heterocycles. The predicted octanol–water partition coefficient (Wildman–Crippen LogP) is 0.937. The van der Waals surface area contributed by atoms with Crippen LogP contribution < -0.4 is 10.1 Å². The molecule has 1 aliphatic heterocycles. The summed E-state index contributed by atoms with van der Waals surface area (Å²) in [6.45, 7) is 3.09. The molecule has 1 aliphatic rings. The van der Waals surface area contributed by atoms with Gasteiger partial charge in [-0.3, -0.25) is 14.5 Å². The van der Waals surface area contributed by atoms with Crippen LogP contribution in [0.1, 0.15) is 19.4 Å². The van der Waals surface area contributed by atoms with Crippen molar-refractivity contribution in [3.8, 4) is 5.75 Å². The predicted molar refractivity (Wildman–Crippen MR) is 72.8 cm³/mol. The molecule has 1 aromatic rings. The van der Waals surface area contributed by atoms with E-state index in [1.807, 2.05) is 6.92 Å². The van der Waals surface area contributed by atoms with E-state index < -0.39 is 30.0 Å². The van der Waals surface area contributed by atoms with E-state index in [2.05, 4.69) is 5.32 Å². The van der Waals surface area contributed by atoms with Crippen LogP contribution in [0, 0.1) is 0 Å². The SMILES string of the molecule is CCOc1ccccc1C1(C)NC(=O)N(CC(=O)O)C1=O. The number of benzene rings is 1. The first-order chi connectivity index (χ1) is 9.90. The second kappa shape index (κ2) is 5.43. The zero-order chi connectivity index (χ0) is 15.6. The molecule has 0 saturated carbocycles. The maximum Gasteiger partial charge on any atom is 0.325 e. The third-order valence-electron chi connectivity index (χ3n) is 3.29. The molecule has 1 heterocycles. The lowest BCUT2D eigenvalue weighted by Gasteiger charge is -2.24. The van der Waals surface area contributed by atoms with E-state index in [0.29, 0.717) is 22.8 Å². The smallest absolute Gasteiger partial charge is 0.325 e. The number of imide groups is 1. The average molecular weight is 292 g/mol. The Labute approximate surface area is 121 Å². The number of hydrogen-bond acceptors (Lipinski definition) is 4. The molecule has 1 aromatic carbocycles. The Balaban J connectivity index is 2.41. The molecule has 0 bridgehead atoms. The van der Waals surface area contributed by atoms with Crippen LogP contribution in [0.15, 0.2) is 24.3 Å². The number of nitrogens with one attached hydrogen (secondary N) is 1. The van der Waals surface area contributed by atoms with Crippen LogP contribution in [0.25, 0.3) is 0 Å². The molecule has 3 amide bonds. The summed E-state index contributed by atoms with van der Waals surface area (Å²) >= 11 is 0. The standard InChI is InChI=1S/C14H16N2O5/c1-3-21-10-7-5-4-6-9(10)14(2)12(19)16(8-11(17)18)13(20)15-14/h4-7H,3,8H2,1-2H3,(H,15,20)(H,17,18). The summed E-state index contributed by atoms with van der Waals surface area (Å²) in [6.07, 6.45) is 0. The monoisotopic (exact) mass is 292 g/mol. The number of ether oxygens (including phenoxy) is 1. The highest BCUT2D eigenvalue weighted by Crippen LogP contribution is 2.34. The van der Waals surface area contributed by atoms with Crippen molar-refractivity contribution >= 4 is 17.9 Å². The maximum atomic E-state index is 12.5. The number of rotatable bonds is 5. The number of nitrogens with zero attached hydrogens (tertiary/aromatic N) is 1. The molecule has 0 radical (unpaired) electrons. The molecular formula is C14H16N2O5. The van der Waals surface area contributed by atoms with Gasteiger partial charge in [-0.25, -0.2) is 4.79 Å². The molecule has 0 aliphatic carbocycles.